The molecule has 9 heteroatoms. The molecule has 0 bridgehead atoms. The molecule has 1 aliphatic heterocycles. The molecule has 0 atom stereocenters. The highest BCUT2D eigenvalue weighted by Crippen LogP contribution is 2.19. The molecule has 3 rings (SSSR count). The summed E-state index contributed by atoms with van der Waals surface area (Å²) in [4.78, 5) is 14.7. The Kier molecular flexibility index (Phi) is 6.96. The number of rotatable bonds is 7. The molecule has 0 unspecified atom stereocenters. The summed E-state index contributed by atoms with van der Waals surface area (Å²) in [6.07, 6.45) is 0. The number of nitrogens with one attached hydrogen (secondary N) is 1. The number of hydrogen-bond acceptors (Lipinski definition) is 5. The van der Waals surface area contributed by atoms with Gasteiger partial charge >= 0.3 is 10.2 Å². The number of amides is 1. The largest absolute Gasteiger partial charge is 0.378 e. The van der Waals surface area contributed by atoms with Gasteiger partial charge in [-0.25, -0.2) is 0 Å². The Hall–Kier alpha value is -2.62. The second-order valence-corrected chi connectivity index (χ2v) is 9.43. The van der Waals surface area contributed by atoms with E-state index in [1.54, 1.807) is 24.3 Å². The fourth-order valence-electron chi connectivity index (χ4n) is 3.13. The van der Waals surface area contributed by atoms with E-state index in [0.29, 0.717) is 17.8 Å². The maximum atomic E-state index is 12.4. The smallest absolute Gasteiger partial charge is 0.303 e. The van der Waals surface area contributed by atoms with Crippen LogP contribution in [0.4, 0.5) is 11.4 Å². The quantitative estimate of drug-likeness (QED) is 0.720. The van der Waals surface area contributed by atoms with E-state index in [-0.39, 0.29) is 5.91 Å². The van der Waals surface area contributed by atoms with Crippen molar-refractivity contribution in [3.63, 3.8) is 0 Å². The van der Waals surface area contributed by atoms with Crippen molar-refractivity contribution in [1.29, 1.82) is 0 Å². The zero-order chi connectivity index (χ0) is 21.7. The molecule has 2 aromatic carbocycles. The minimum absolute atomic E-state index is 0.211. The van der Waals surface area contributed by atoms with Crippen LogP contribution in [-0.4, -0.2) is 66.1 Å². The lowest BCUT2D eigenvalue weighted by atomic mass is 10.1. The highest BCUT2D eigenvalue weighted by atomic mass is 32.2. The Bertz CT molecular complexity index is 954. The highest BCUT2D eigenvalue weighted by Gasteiger charge is 2.21. The van der Waals surface area contributed by atoms with Crippen LogP contribution in [0.25, 0.3) is 0 Å². The maximum Gasteiger partial charge on any atom is 0.303 e. The summed E-state index contributed by atoms with van der Waals surface area (Å²) in [5, 5.41) is 2.90. The molecule has 30 heavy (non-hydrogen) atoms. The molecule has 0 aromatic heterocycles. The fourth-order valence-corrected chi connectivity index (χ4v) is 4.01. The van der Waals surface area contributed by atoms with E-state index in [1.807, 2.05) is 12.1 Å². The van der Waals surface area contributed by atoms with Crippen LogP contribution in [0.1, 0.15) is 15.9 Å². The number of benzene rings is 2. The van der Waals surface area contributed by atoms with E-state index in [2.05, 4.69) is 22.3 Å². The zero-order valence-corrected chi connectivity index (χ0v) is 18.4. The van der Waals surface area contributed by atoms with Crippen molar-refractivity contribution in [1.82, 2.24) is 9.62 Å². The third kappa shape index (κ3) is 5.10. The first-order chi connectivity index (χ1) is 14.3. The predicted octanol–water partition coefficient (Wildman–Crippen LogP) is 1.70. The Morgan fingerprint density at radius 2 is 1.60 bits per heavy atom. The normalized spacial score (nSPS) is 14.6. The minimum atomic E-state index is -3.57. The number of ether oxygens (including phenoxy) is 1. The molecule has 0 spiro atoms. The number of hydrogen-bond donors (Lipinski definition) is 1. The van der Waals surface area contributed by atoms with Crippen LogP contribution in [0.15, 0.2) is 48.5 Å². The van der Waals surface area contributed by atoms with E-state index in [9.17, 15) is 13.2 Å². The second-order valence-electron chi connectivity index (χ2n) is 7.25. The van der Waals surface area contributed by atoms with E-state index in [1.165, 1.54) is 25.4 Å². The summed E-state index contributed by atoms with van der Waals surface area (Å²) in [5.74, 6) is -0.211. The van der Waals surface area contributed by atoms with Crippen molar-refractivity contribution in [2.75, 3.05) is 56.7 Å². The summed E-state index contributed by atoms with van der Waals surface area (Å²) >= 11 is 0. The van der Waals surface area contributed by atoms with Crippen LogP contribution in [0.5, 0.6) is 0 Å². The van der Waals surface area contributed by atoms with Crippen LogP contribution in [0.3, 0.4) is 0 Å². The van der Waals surface area contributed by atoms with Gasteiger partial charge in [0.25, 0.3) is 5.91 Å². The van der Waals surface area contributed by atoms with Gasteiger partial charge in [0.05, 0.1) is 18.9 Å². The van der Waals surface area contributed by atoms with E-state index in [4.69, 9.17) is 4.74 Å². The standard InChI is InChI=1S/C21H28N4O4S/c1-23(2)30(27,28)24(3)19-10-6-18(7-11-19)21(26)22-16-17-4-8-20(9-5-17)25-12-14-29-15-13-25/h4-11H,12-16H2,1-3H3,(H,22,26). The van der Waals surface area contributed by atoms with Gasteiger partial charge in [-0.2, -0.15) is 12.7 Å². The molecule has 0 aliphatic carbocycles. The Balaban J connectivity index is 1.57. The van der Waals surface area contributed by atoms with E-state index < -0.39 is 10.2 Å². The molecule has 1 heterocycles. The van der Waals surface area contributed by atoms with Crippen LogP contribution in [-0.2, 0) is 21.5 Å². The predicted molar refractivity (Wildman–Crippen MR) is 118 cm³/mol. The lowest BCUT2D eigenvalue weighted by Gasteiger charge is -2.28. The summed E-state index contributed by atoms with van der Waals surface area (Å²) in [6, 6.07) is 14.6. The van der Waals surface area contributed by atoms with Gasteiger partial charge in [0.15, 0.2) is 0 Å². The number of morpholine rings is 1. The average molecular weight is 433 g/mol. The van der Waals surface area contributed by atoms with Gasteiger partial charge in [0, 0.05) is 52.0 Å². The third-order valence-electron chi connectivity index (χ3n) is 5.07. The SMILES string of the molecule is CN(C)S(=O)(=O)N(C)c1ccc(C(=O)NCc2ccc(N3CCOCC3)cc2)cc1. The van der Waals surface area contributed by atoms with Crippen molar-refractivity contribution in [2.24, 2.45) is 0 Å². The Morgan fingerprint density at radius 3 is 2.17 bits per heavy atom. The fraction of sp³-hybridized carbons (Fsp3) is 0.381. The Labute approximate surface area is 178 Å². The third-order valence-corrected chi connectivity index (χ3v) is 6.89. The van der Waals surface area contributed by atoms with Crippen molar-refractivity contribution in [2.45, 2.75) is 6.54 Å². The maximum absolute atomic E-state index is 12.4. The van der Waals surface area contributed by atoms with Gasteiger partial charge in [0.2, 0.25) is 0 Å². The molecule has 0 radical (unpaired) electrons. The first-order valence-corrected chi connectivity index (χ1v) is 11.1. The van der Waals surface area contributed by atoms with Crippen molar-refractivity contribution in [3.05, 3.63) is 59.7 Å². The average Bonchev–Trinajstić information content (AvgIpc) is 2.78. The number of carbonyl (C=O) groups excluding carboxylic acids is 1. The number of anilines is 2. The van der Waals surface area contributed by atoms with Crippen molar-refractivity contribution < 1.29 is 17.9 Å². The van der Waals surface area contributed by atoms with Crippen LogP contribution in [0.2, 0.25) is 0 Å². The van der Waals surface area contributed by atoms with Gasteiger partial charge in [0.1, 0.15) is 0 Å². The molecule has 1 aliphatic rings. The molecule has 8 nitrogen and oxygen atoms in total. The Morgan fingerprint density at radius 1 is 1.00 bits per heavy atom. The van der Waals surface area contributed by atoms with E-state index in [0.717, 1.165) is 41.9 Å². The molecule has 0 saturated carbocycles. The lowest BCUT2D eigenvalue weighted by Crippen LogP contribution is -2.37. The molecule has 1 N–H and O–H groups in total. The minimum Gasteiger partial charge on any atom is -0.378 e. The summed E-state index contributed by atoms with van der Waals surface area (Å²) in [7, 11) is 0.858. The van der Waals surface area contributed by atoms with Gasteiger partial charge in [-0.1, -0.05) is 12.1 Å². The zero-order valence-electron chi connectivity index (χ0n) is 17.5. The van der Waals surface area contributed by atoms with Gasteiger partial charge in [-0.15, -0.1) is 0 Å². The van der Waals surface area contributed by atoms with Crippen molar-refractivity contribution >= 4 is 27.5 Å². The molecule has 162 valence electrons. The molecule has 1 amide bonds. The van der Waals surface area contributed by atoms with Crippen LogP contribution in [0, 0.1) is 0 Å². The van der Waals surface area contributed by atoms with Crippen LogP contribution >= 0.6 is 0 Å². The molecular formula is C21H28N4O4S. The van der Waals surface area contributed by atoms with Crippen molar-refractivity contribution in [3.8, 4) is 0 Å². The molecular weight excluding hydrogens is 404 g/mol. The lowest BCUT2D eigenvalue weighted by molar-refractivity contribution is 0.0951. The number of carbonyl (C=O) groups is 1. The first kappa shape index (κ1) is 22.1. The van der Waals surface area contributed by atoms with Gasteiger partial charge in [-0.3, -0.25) is 9.10 Å². The first-order valence-electron chi connectivity index (χ1n) is 9.75. The van der Waals surface area contributed by atoms with Crippen LogP contribution < -0.4 is 14.5 Å². The monoisotopic (exact) mass is 432 g/mol. The van der Waals surface area contributed by atoms with E-state index >= 15 is 0 Å². The summed E-state index contributed by atoms with van der Waals surface area (Å²) in [6.45, 7) is 3.67. The highest BCUT2D eigenvalue weighted by molar-refractivity contribution is 7.90. The number of nitrogens with zero attached hydrogens (tertiary/aromatic N) is 3. The molecule has 2 aromatic rings. The molecule has 1 saturated heterocycles. The summed E-state index contributed by atoms with van der Waals surface area (Å²) in [5.41, 5.74) is 3.12. The second kappa shape index (κ2) is 9.46. The summed E-state index contributed by atoms with van der Waals surface area (Å²) < 4.78 is 32.1. The topological polar surface area (TPSA) is 82.2 Å². The van der Waals surface area contributed by atoms with Gasteiger partial charge in [-0.05, 0) is 42.0 Å². The molecule has 1 fully saturated rings. The van der Waals surface area contributed by atoms with Gasteiger partial charge < -0.3 is 15.0 Å².